The molecule has 0 amide bonds. The highest BCUT2D eigenvalue weighted by Crippen LogP contribution is 2.26. The third-order valence-corrected chi connectivity index (χ3v) is 3.79. The van der Waals surface area contributed by atoms with E-state index in [1.54, 1.807) is 0 Å². The van der Waals surface area contributed by atoms with Crippen molar-refractivity contribution >= 4 is 17.3 Å². The fourth-order valence-corrected chi connectivity index (χ4v) is 2.55. The number of nitrogens with one attached hydrogen (secondary N) is 1. The Balaban J connectivity index is 2.09. The number of halogens is 1. The number of rotatable bonds is 6. The van der Waals surface area contributed by atoms with Crippen LogP contribution < -0.4 is 10.2 Å². The van der Waals surface area contributed by atoms with E-state index in [-0.39, 0.29) is 0 Å². The summed E-state index contributed by atoms with van der Waals surface area (Å²) in [6.07, 6.45) is 1.03. The van der Waals surface area contributed by atoms with Crippen molar-refractivity contribution in [3.63, 3.8) is 0 Å². The van der Waals surface area contributed by atoms with Gasteiger partial charge in [-0.1, -0.05) is 48.0 Å². The van der Waals surface area contributed by atoms with Crippen molar-refractivity contribution in [1.29, 1.82) is 0 Å². The Bertz CT molecular complexity index is 540. The molecule has 0 aliphatic carbocycles. The van der Waals surface area contributed by atoms with E-state index in [1.165, 1.54) is 11.3 Å². The predicted octanol–water partition coefficient (Wildman–Crippen LogP) is 3.74. The van der Waals surface area contributed by atoms with Gasteiger partial charge in [0.2, 0.25) is 0 Å². The molecule has 0 spiro atoms. The maximum atomic E-state index is 6.30. The lowest BCUT2D eigenvalue weighted by atomic mass is 10.1. The molecule has 2 rings (SSSR count). The van der Waals surface area contributed by atoms with E-state index in [0.29, 0.717) is 0 Å². The maximum Gasteiger partial charge on any atom is 0.0471 e. The lowest BCUT2D eigenvalue weighted by molar-refractivity contribution is 0.802. The lowest BCUT2D eigenvalue weighted by Gasteiger charge is -2.23. The largest absolute Gasteiger partial charge is 0.374 e. The fourth-order valence-electron chi connectivity index (χ4n) is 2.32. The van der Waals surface area contributed by atoms with Gasteiger partial charge in [-0.25, -0.2) is 0 Å². The molecule has 0 unspecified atom stereocenters. The van der Waals surface area contributed by atoms with Crippen LogP contribution in [0.3, 0.4) is 0 Å². The van der Waals surface area contributed by atoms with Gasteiger partial charge in [-0.05, 0) is 31.2 Å². The first kappa shape index (κ1) is 14.9. The monoisotopic (exact) mass is 288 g/mol. The van der Waals surface area contributed by atoms with Crippen molar-refractivity contribution in [3.8, 4) is 0 Å². The minimum absolute atomic E-state index is 0.782. The molecule has 106 valence electrons. The van der Waals surface area contributed by atoms with E-state index >= 15 is 0 Å². The summed E-state index contributed by atoms with van der Waals surface area (Å²) in [7, 11) is 4.06. The zero-order chi connectivity index (χ0) is 14.4. The third-order valence-electron chi connectivity index (χ3n) is 3.44. The van der Waals surface area contributed by atoms with E-state index in [9.17, 15) is 0 Å². The zero-order valence-electron chi connectivity index (χ0n) is 12.1. The molecule has 0 radical (unpaired) electrons. The van der Waals surface area contributed by atoms with E-state index < -0.39 is 0 Å². The van der Waals surface area contributed by atoms with Crippen molar-refractivity contribution < 1.29 is 0 Å². The first-order valence-electron chi connectivity index (χ1n) is 6.89. The van der Waals surface area contributed by atoms with Crippen LogP contribution in [0, 0.1) is 0 Å². The first-order chi connectivity index (χ1) is 9.72. The molecule has 0 aromatic heterocycles. The summed E-state index contributed by atoms with van der Waals surface area (Å²) in [6.45, 7) is 1.76. The van der Waals surface area contributed by atoms with Gasteiger partial charge in [0.25, 0.3) is 0 Å². The zero-order valence-corrected chi connectivity index (χ0v) is 12.8. The molecule has 0 saturated heterocycles. The summed E-state index contributed by atoms with van der Waals surface area (Å²) in [5.74, 6) is 0. The quantitative estimate of drug-likeness (QED) is 0.871. The van der Waals surface area contributed by atoms with Crippen LogP contribution in [0.25, 0.3) is 0 Å². The Labute approximate surface area is 126 Å². The number of anilines is 1. The second-order valence-electron chi connectivity index (χ2n) is 4.92. The minimum Gasteiger partial charge on any atom is -0.374 e. The smallest absolute Gasteiger partial charge is 0.0471 e. The SMILES string of the molecule is CNCc1c(Cl)cccc1N(C)CCc1ccccc1. The number of benzene rings is 2. The van der Waals surface area contributed by atoms with E-state index in [1.807, 2.05) is 19.2 Å². The Morgan fingerprint density at radius 3 is 2.50 bits per heavy atom. The second kappa shape index (κ2) is 7.32. The first-order valence-corrected chi connectivity index (χ1v) is 7.27. The van der Waals surface area contributed by atoms with Crippen molar-refractivity contribution in [2.75, 3.05) is 25.5 Å². The molecule has 1 N–H and O–H groups in total. The van der Waals surface area contributed by atoms with Crippen LogP contribution in [0.4, 0.5) is 5.69 Å². The Hall–Kier alpha value is -1.51. The summed E-state index contributed by atoms with van der Waals surface area (Å²) < 4.78 is 0. The normalized spacial score (nSPS) is 10.6. The average Bonchev–Trinajstić information content (AvgIpc) is 2.48. The molecule has 2 aromatic carbocycles. The molecule has 0 atom stereocenters. The van der Waals surface area contributed by atoms with E-state index in [4.69, 9.17) is 11.6 Å². The summed E-state index contributed by atoms with van der Waals surface area (Å²) in [5.41, 5.74) is 3.71. The van der Waals surface area contributed by atoms with Crippen LogP contribution in [0.15, 0.2) is 48.5 Å². The van der Waals surface area contributed by atoms with Gasteiger partial charge in [-0.3, -0.25) is 0 Å². The van der Waals surface area contributed by atoms with E-state index in [0.717, 1.165) is 30.1 Å². The highest BCUT2D eigenvalue weighted by Gasteiger charge is 2.10. The van der Waals surface area contributed by atoms with Crippen LogP contribution in [0.5, 0.6) is 0 Å². The fraction of sp³-hybridized carbons (Fsp3) is 0.294. The highest BCUT2D eigenvalue weighted by molar-refractivity contribution is 6.31. The van der Waals surface area contributed by atoms with Crippen LogP contribution in [0.1, 0.15) is 11.1 Å². The van der Waals surface area contributed by atoms with Gasteiger partial charge in [-0.2, -0.15) is 0 Å². The molecule has 0 aliphatic heterocycles. The Morgan fingerprint density at radius 2 is 1.80 bits per heavy atom. The number of hydrogen-bond donors (Lipinski definition) is 1. The van der Waals surface area contributed by atoms with Crippen LogP contribution in [-0.2, 0) is 13.0 Å². The number of likely N-dealkylation sites (N-methyl/N-ethyl adjacent to an activating group) is 1. The van der Waals surface area contributed by atoms with Crippen molar-refractivity contribution in [1.82, 2.24) is 5.32 Å². The molecule has 20 heavy (non-hydrogen) atoms. The van der Waals surface area contributed by atoms with Gasteiger partial charge in [0, 0.05) is 36.4 Å². The predicted molar refractivity (Wildman–Crippen MR) is 87.6 cm³/mol. The molecular weight excluding hydrogens is 268 g/mol. The van der Waals surface area contributed by atoms with Gasteiger partial charge in [-0.15, -0.1) is 0 Å². The second-order valence-corrected chi connectivity index (χ2v) is 5.33. The van der Waals surface area contributed by atoms with E-state index in [2.05, 4.69) is 53.7 Å². The third kappa shape index (κ3) is 3.75. The molecule has 0 heterocycles. The minimum atomic E-state index is 0.782. The van der Waals surface area contributed by atoms with Crippen LogP contribution >= 0.6 is 11.6 Å². The molecule has 0 fully saturated rings. The maximum absolute atomic E-state index is 6.30. The molecule has 3 heteroatoms. The van der Waals surface area contributed by atoms with Crippen LogP contribution in [-0.4, -0.2) is 20.6 Å². The highest BCUT2D eigenvalue weighted by atomic mass is 35.5. The molecule has 0 aliphatic rings. The molecule has 2 nitrogen and oxygen atoms in total. The van der Waals surface area contributed by atoms with Crippen molar-refractivity contribution in [2.45, 2.75) is 13.0 Å². The molecule has 0 saturated carbocycles. The molecular formula is C17H21ClN2. The average molecular weight is 289 g/mol. The number of hydrogen-bond acceptors (Lipinski definition) is 2. The molecule has 0 bridgehead atoms. The number of nitrogens with zero attached hydrogens (tertiary/aromatic N) is 1. The standard InChI is InChI=1S/C17H21ClN2/c1-19-13-15-16(18)9-6-10-17(15)20(2)12-11-14-7-4-3-5-8-14/h3-10,19H,11-13H2,1-2H3. The van der Waals surface area contributed by atoms with Gasteiger partial charge in [0.1, 0.15) is 0 Å². The molecule has 2 aromatic rings. The topological polar surface area (TPSA) is 15.3 Å². The lowest BCUT2D eigenvalue weighted by Crippen LogP contribution is -2.23. The Morgan fingerprint density at radius 1 is 1.05 bits per heavy atom. The van der Waals surface area contributed by atoms with Gasteiger partial charge < -0.3 is 10.2 Å². The van der Waals surface area contributed by atoms with Crippen molar-refractivity contribution in [2.24, 2.45) is 0 Å². The van der Waals surface area contributed by atoms with Crippen LogP contribution in [0.2, 0.25) is 5.02 Å². The van der Waals surface area contributed by atoms with Gasteiger partial charge in [0.05, 0.1) is 0 Å². The van der Waals surface area contributed by atoms with Gasteiger partial charge in [0.15, 0.2) is 0 Å². The summed E-state index contributed by atoms with van der Waals surface area (Å²) in [5, 5.41) is 4.01. The summed E-state index contributed by atoms with van der Waals surface area (Å²) >= 11 is 6.30. The Kier molecular flexibility index (Phi) is 5.45. The van der Waals surface area contributed by atoms with Gasteiger partial charge >= 0.3 is 0 Å². The summed E-state index contributed by atoms with van der Waals surface area (Å²) in [4.78, 5) is 2.27. The van der Waals surface area contributed by atoms with Crippen molar-refractivity contribution in [3.05, 3.63) is 64.7 Å². The summed E-state index contributed by atoms with van der Waals surface area (Å²) in [6, 6.07) is 16.6.